The number of nitrogens with one attached hydrogen (secondary N) is 1. The summed E-state index contributed by atoms with van der Waals surface area (Å²) in [5, 5.41) is 3.16. The Hall–Kier alpha value is -0.670. The molecule has 1 N–H and O–H groups in total. The molecule has 0 radical (unpaired) electrons. The van der Waals surface area contributed by atoms with Crippen molar-refractivity contribution in [1.82, 2.24) is 5.32 Å². The average molecular weight is 253 g/mol. The number of likely N-dealkylation sites (N-methyl/N-ethyl adjacent to an activating group) is 1. The highest BCUT2D eigenvalue weighted by atomic mass is 79.9. The van der Waals surface area contributed by atoms with Crippen LogP contribution in [0.3, 0.4) is 0 Å². The van der Waals surface area contributed by atoms with Gasteiger partial charge in [-0.3, -0.25) is 4.99 Å². The molecule has 2 rings (SSSR count). The lowest BCUT2D eigenvalue weighted by atomic mass is 9.98. The molecule has 0 spiro atoms. The minimum absolute atomic E-state index is 0.391. The van der Waals surface area contributed by atoms with E-state index in [1.165, 1.54) is 11.1 Å². The molecule has 0 amide bonds. The van der Waals surface area contributed by atoms with Gasteiger partial charge in [-0.25, -0.2) is 0 Å². The quantitative estimate of drug-likeness (QED) is 0.856. The number of hydrogen-bond acceptors (Lipinski definition) is 2. The summed E-state index contributed by atoms with van der Waals surface area (Å²) in [5.74, 6) is 0. The maximum atomic E-state index is 4.49. The number of rotatable bonds is 2. The molecule has 0 aromatic heterocycles. The Kier molecular flexibility index (Phi) is 2.99. The van der Waals surface area contributed by atoms with Crippen molar-refractivity contribution < 1.29 is 0 Å². The molecular weight excluding hydrogens is 240 g/mol. The zero-order valence-electron chi connectivity index (χ0n) is 8.13. The molecule has 0 fully saturated rings. The van der Waals surface area contributed by atoms with Crippen LogP contribution in [0, 0.1) is 0 Å². The van der Waals surface area contributed by atoms with E-state index in [-0.39, 0.29) is 0 Å². The molecule has 2 nitrogen and oxygen atoms in total. The predicted octanol–water partition coefficient (Wildman–Crippen LogP) is 2.01. The van der Waals surface area contributed by atoms with E-state index in [1.807, 2.05) is 13.3 Å². The van der Waals surface area contributed by atoms with Crippen molar-refractivity contribution in [2.45, 2.75) is 12.5 Å². The summed E-state index contributed by atoms with van der Waals surface area (Å²) in [6.45, 7) is 0.947. The van der Waals surface area contributed by atoms with Crippen LogP contribution < -0.4 is 5.32 Å². The molecule has 1 aliphatic heterocycles. The van der Waals surface area contributed by atoms with E-state index in [0.717, 1.165) is 17.4 Å². The molecule has 3 heteroatoms. The second-order valence-corrected chi connectivity index (χ2v) is 4.45. The summed E-state index contributed by atoms with van der Waals surface area (Å²) >= 11 is 3.49. The van der Waals surface area contributed by atoms with E-state index < -0.39 is 0 Å². The fourth-order valence-electron chi connectivity index (χ4n) is 1.73. The SMILES string of the molecule is CNCC1Cc2cc(Br)ccc2C=N1. The van der Waals surface area contributed by atoms with Crippen LogP contribution in [0.2, 0.25) is 0 Å². The van der Waals surface area contributed by atoms with Crippen LogP contribution in [0.4, 0.5) is 0 Å². The highest BCUT2D eigenvalue weighted by molar-refractivity contribution is 9.10. The third kappa shape index (κ3) is 2.04. The van der Waals surface area contributed by atoms with Gasteiger partial charge in [0.05, 0.1) is 6.04 Å². The highest BCUT2D eigenvalue weighted by Gasteiger charge is 2.13. The van der Waals surface area contributed by atoms with Crippen LogP contribution in [-0.2, 0) is 6.42 Å². The molecule has 1 aromatic carbocycles. The standard InChI is InChI=1S/C11H13BrN2/c1-13-7-11-5-9-4-10(12)3-2-8(9)6-14-11/h2-4,6,11,13H,5,7H2,1H3. The lowest BCUT2D eigenvalue weighted by Crippen LogP contribution is -2.26. The molecule has 74 valence electrons. The average Bonchev–Trinajstić information content (AvgIpc) is 2.17. The first-order valence-corrected chi connectivity index (χ1v) is 5.55. The van der Waals surface area contributed by atoms with Gasteiger partial charge in [0.25, 0.3) is 0 Å². The van der Waals surface area contributed by atoms with E-state index in [1.54, 1.807) is 0 Å². The monoisotopic (exact) mass is 252 g/mol. The first-order valence-electron chi connectivity index (χ1n) is 4.76. The second-order valence-electron chi connectivity index (χ2n) is 3.54. The Labute approximate surface area is 92.6 Å². The summed E-state index contributed by atoms with van der Waals surface area (Å²) in [6, 6.07) is 6.74. The van der Waals surface area contributed by atoms with Gasteiger partial charge in [-0.1, -0.05) is 22.0 Å². The fraction of sp³-hybridized carbons (Fsp3) is 0.364. The van der Waals surface area contributed by atoms with Crippen LogP contribution in [0.15, 0.2) is 27.7 Å². The maximum absolute atomic E-state index is 4.49. The molecule has 1 heterocycles. The van der Waals surface area contributed by atoms with Gasteiger partial charge in [0.2, 0.25) is 0 Å². The molecule has 0 saturated carbocycles. The van der Waals surface area contributed by atoms with E-state index in [2.05, 4.69) is 44.4 Å². The van der Waals surface area contributed by atoms with Gasteiger partial charge in [-0.05, 0) is 36.7 Å². The van der Waals surface area contributed by atoms with Crippen LogP contribution in [0.5, 0.6) is 0 Å². The zero-order chi connectivity index (χ0) is 9.97. The zero-order valence-corrected chi connectivity index (χ0v) is 9.71. The Balaban J connectivity index is 2.23. The lowest BCUT2D eigenvalue weighted by molar-refractivity contribution is 0.614. The number of fused-ring (bicyclic) bond motifs is 1. The Morgan fingerprint density at radius 2 is 2.43 bits per heavy atom. The van der Waals surface area contributed by atoms with Gasteiger partial charge in [0.1, 0.15) is 0 Å². The highest BCUT2D eigenvalue weighted by Crippen LogP contribution is 2.20. The molecule has 0 bridgehead atoms. The molecule has 14 heavy (non-hydrogen) atoms. The van der Waals surface area contributed by atoms with E-state index in [0.29, 0.717) is 6.04 Å². The smallest absolute Gasteiger partial charge is 0.0664 e. The normalized spacial score (nSPS) is 19.4. The van der Waals surface area contributed by atoms with Crippen LogP contribution in [0.1, 0.15) is 11.1 Å². The van der Waals surface area contributed by atoms with Gasteiger partial charge >= 0.3 is 0 Å². The summed E-state index contributed by atoms with van der Waals surface area (Å²) in [7, 11) is 1.96. The van der Waals surface area contributed by atoms with Crippen molar-refractivity contribution in [1.29, 1.82) is 0 Å². The Bertz CT molecular complexity index is 360. The molecule has 0 aliphatic carbocycles. The van der Waals surface area contributed by atoms with Crippen molar-refractivity contribution >= 4 is 22.1 Å². The molecule has 1 atom stereocenters. The third-order valence-corrected chi connectivity index (χ3v) is 2.92. The van der Waals surface area contributed by atoms with Crippen molar-refractivity contribution in [2.75, 3.05) is 13.6 Å². The summed E-state index contributed by atoms with van der Waals surface area (Å²) in [5.41, 5.74) is 2.63. The van der Waals surface area contributed by atoms with Crippen LogP contribution >= 0.6 is 15.9 Å². The van der Waals surface area contributed by atoms with Gasteiger partial charge in [0.15, 0.2) is 0 Å². The second kappa shape index (κ2) is 4.24. The molecule has 1 aliphatic rings. The number of benzene rings is 1. The first-order chi connectivity index (χ1) is 6.79. The lowest BCUT2D eigenvalue weighted by Gasteiger charge is -2.18. The maximum Gasteiger partial charge on any atom is 0.0664 e. The van der Waals surface area contributed by atoms with Gasteiger partial charge in [-0.2, -0.15) is 0 Å². The van der Waals surface area contributed by atoms with Crippen molar-refractivity contribution in [2.24, 2.45) is 4.99 Å². The molecular formula is C11H13BrN2. The minimum atomic E-state index is 0.391. The van der Waals surface area contributed by atoms with E-state index in [4.69, 9.17) is 0 Å². The first kappa shape index (κ1) is 9.87. The van der Waals surface area contributed by atoms with Crippen molar-refractivity contribution in [3.8, 4) is 0 Å². The molecule has 1 unspecified atom stereocenters. The topological polar surface area (TPSA) is 24.4 Å². The van der Waals surface area contributed by atoms with E-state index >= 15 is 0 Å². The van der Waals surface area contributed by atoms with Crippen LogP contribution in [-0.4, -0.2) is 25.8 Å². The predicted molar refractivity (Wildman–Crippen MR) is 63.2 cm³/mol. The number of nitrogens with zero attached hydrogens (tertiary/aromatic N) is 1. The minimum Gasteiger partial charge on any atom is -0.318 e. The number of aliphatic imine (C=N–C) groups is 1. The Morgan fingerprint density at radius 3 is 3.21 bits per heavy atom. The van der Waals surface area contributed by atoms with Gasteiger partial charge < -0.3 is 5.32 Å². The van der Waals surface area contributed by atoms with Crippen molar-refractivity contribution in [3.05, 3.63) is 33.8 Å². The third-order valence-electron chi connectivity index (χ3n) is 2.42. The largest absolute Gasteiger partial charge is 0.318 e. The fourth-order valence-corrected chi connectivity index (χ4v) is 2.14. The van der Waals surface area contributed by atoms with Gasteiger partial charge in [-0.15, -0.1) is 0 Å². The number of halogens is 1. The number of hydrogen-bond donors (Lipinski definition) is 1. The Morgan fingerprint density at radius 1 is 1.57 bits per heavy atom. The summed E-state index contributed by atoms with van der Waals surface area (Å²) in [4.78, 5) is 4.49. The van der Waals surface area contributed by atoms with Crippen LogP contribution in [0.25, 0.3) is 0 Å². The molecule has 1 aromatic rings. The van der Waals surface area contributed by atoms with E-state index in [9.17, 15) is 0 Å². The summed E-state index contributed by atoms with van der Waals surface area (Å²) in [6.07, 6.45) is 3.01. The van der Waals surface area contributed by atoms with Gasteiger partial charge in [0, 0.05) is 17.2 Å². The molecule has 0 saturated heterocycles. The van der Waals surface area contributed by atoms with Crippen molar-refractivity contribution in [3.63, 3.8) is 0 Å². The summed E-state index contributed by atoms with van der Waals surface area (Å²) < 4.78 is 1.15.